The van der Waals surface area contributed by atoms with Gasteiger partial charge in [-0.1, -0.05) is 0 Å². The minimum Gasteiger partial charge on any atom is -0.386 e. The Morgan fingerprint density at radius 3 is 2.95 bits per heavy atom. The summed E-state index contributed by atoms with van der Waals surface area (Å²) in [6, 6.07) is 1.69. The van der Waals surface area contributed by atoms with Gasteiger partial charge in [0.1, 0.15) is 0 Å². The van der Waals surface area contributed by atoms with E-state index in [0.29, 0.717) is 31.9 Å². The molecule has 6 nitrogen and oxygen atoms in total. The highest BCUT2D eigenvalue weighted by Gasteiger charge is 2.09. The fourth-order valence-electron chi connectivity index (χ4n) is 1.51. The Labute approximate surface area is 113 Å². The molecule has 0 aliphatic carbocycles. The number of hydrogen-bond donors (Lipinski definition) is 2. The molecule has 6 heteroatoms. The fourth-order valence-corrected chi connectivity index (χ4v) is 1.51. The van der Waals surface area contributed by atoms with Crippen molar-refractivity contribution in [1.29, 1.82) is 0 Å². The number of nitrogens with zero attached hydrogens (tertiary/aromatic N) is 1. The van der Waals surface area contributed by atoms with Crippen LogP contribution in [0.5, 0.6) is 0 Å². The van der Waals surface area contributed by atoms with Gasteiger partial charge in [-0.05, 0) is 12.5 Å². The number of carbonyl (C=O) groups is 1. The molecule has 0 aliphatic rings. The van der Waals surface area contributed by atoms with Crippen LogP contribution in [0.1, 0.15) is 16.8 Å². The molecule has 0 radical (unpaired) electrons. The van der Waals surface area contributed by atoms with Crippen molar-refractivity contribution < 1.29 is 14.3 Å². The van der Waals surface area contributed by atoms with Crippen LogP contribution in [-0.4, -0.2) is 51.4 Å². The van der Waals surface area contributed by atoms with Crippen LogP contribution in [0.25, 0.3) is 0 Å². The van der Waals surface area contributed by atoms with Gasteiger partial charge in [0.2, 0.25) is 0 Å². The molecule has 0 bridgehead atoms. The Morgan fingerprint density at radius 1 is 1.37 bits per heavy atom. The third-order valence-corrected chi connectivity index (χ3v) is 2.52. The maximum atomic E-state index is 11.9. The smallest absolute Gasteiger partial charge is 0.253 e. The summed E-state index contributed by atoms with van der Waals surface area (Å²) in [7, 11) is 3.40. The van der Waals surface area contributed by atoms with Crippen molar-refractivity contribution in [1.82, 2.24) is 10.3 Å². The number of aromatic nitrogens is 1. The molecule has 0 aromatic carbocycles. The zero-order valence-corrected chi connectivity index (χ0v) is 11.4. The number of anilines is 1. The lowest BCUT2D eigenvalue weighted by molar-refractivity contribution is 0.0688. The van der Waals surface area contributed by atoms with E-state index in [1.54, 1.807) is 32.6 Å². The fraction of sp³-hybridized carbons (Fsp3) is 0.538. The van der Waals surface area contributed by atoms with Gasteiger partial charge < -0.3 is 20.1 Å². The van der Waals surface area contributed by atoms with Crippen molar-refractivity contribution in [2.24, 2.45) is 0 Å². The highest BCUT2D eigenvalue weighted by molar-refractivity contribution is 5.99. The molecule has 1 rings (SSSR count). The number of amides is 1. The number of carbonyl (C=O) groups excluding carboxylic acids is 1. The van der Waals surface area contributed by atoms with E-state index in [0.717, 1.165) is 12.1 Å². The van der Waals surface area contributed by atoms with Crippen LogP contribution >= 0.6 is 0 Å². The second-order valence-electron chi connectivity index (χ2n) is 3.89. The number of methoxy groups -OCH3 is 1. The van der Waals surface area contributed by atoms with Crippen molar-refractivity contribution in [3.8, 4) is 0 Å². The number of ether oxygens (including phenoxy) is 2. The van der Waals surface area contributed by atoms with Crippen LogP contribution < -0.4 is 10.6 Å². The Bertz CT molecular complexity index is 385. The van der Waals surface area contributed by atoms with Crippen LogP contribution in [0.3, 0.4) is 0 Å². The van der Waals surface area contributed by atoms with Crippen LogP contribution in [-0.2, 0) is 9.47 Å². The third kappa shape index (κ3) is 5.67. The van der Waals surface area contributed by atoms with Gasteiger partial charge in [-0.25, -0.2) is 0 Å². The van der Waals surface area contributed by atoms with E-state index in [-0.39, 0.29) is 5.91 Å². The van der Waals surface area contributed by atoms with E-state index in [1.807, 2.05) is 0 Å². The van der Waals surface area contributed by atoms with E-state index in [4.69, 9.17) is 9.47 Å². The first kappa shape index (κ1) is 15.4. The van der Waals surface area contributed by atoms with Gasteiger partial charge in [0.25, 0.3) is 5.91 Å². The van der Waals surface area contributed by atoms with Gasteiger partial charge in [-0.15, -0.1) is 0 Å². The maximum absolute atomic E-state index is 11.9. The molecule has 0 atom stereocenters. The first-order chi connectivity index (χ1) is 9.29. The molecule has 0 saturated heterocycles. The summed E-state index contributed by atoms with van der Waals surface area (Å²) in [5.41, 5.74) is 1.31. The summed E-state index contributed by atoms with van der Waals surface area (Å²) in [5, 5.41) is 5.79. The number of nitrogens with one attached hydrogen (secondary N) is 2. The van der Waals surface area contributed by atoms with Crippen LogP contribution in [0.4, 0.5) is 5.69 Å². The minimum atomic E-state index is -0.108. The van der Waals surface area contributed by atoms with Crippen molar-refractivity contribution in [3.05, 3.63) is 24.0 Å². The summed E-state index contributed by atoms with van der Waals surface area (Å²) in [6.45, 7) is 2.36. The lowest BCUT2D eigenvalue weighted by atomic mass is 10.2. The van der Waals surface area contributed by atoms with Crippen LogP contribution in [0.15, 0.2) is 18.5 Å². The first-order valence-electron chi connectivity index (χ1n) is 6.26. The third-order valence-electron chi connectivity index (χ3n) is 2.52. The molecule has 0 aliphatic heterocycles. The Morgan fingerprint density at radius 2 is 2.21 bits per heavy atom. The zero-order valence-electron chi connectivity index (χ0n) is 11.4. The highest BCUT2D eigenvalue weighted by Crippen LogP contribution is 2.11. The number of pyridine rings is 1. The Hall–Kier alpha value is -1.66. The Kier molecular flexibility index (Phi) is 7.53. The number of hydrogen-bond acceptors (Lipinski definition) is 5. The molecule has 19 heavy (non-hydrogen) atoms. The quantitative estimate of drug-likeness (QED) is 0.651. The van der Waals surface area contributed by atoms with Gasteiger partial charge in [-0.3, -0.25) is 9.78 Å². The van der Waals surface area contributed by atoms with Crippen LogP contribution in [0.2, 0.25) is 0 Å². The molecule has 1 aromatic rings. The molecule has 1 aromatic heterocycles. The van der Waals surface area contributed by atoms with Crippen molar-refractivity contribution >= 4 is 11.6 Å². The van der Waals surface area contributed by atoms with Gasteiger partial charge >= 0.3 is 0 Å². The van der Waals surface area contributed by atoms with E-state index >= 15 is 0 Å². The topological polar surface area (TPSA) is 72.5 Å². The lowest BCUT2D eigenvalue weighted by Crippen LogP contribution is -2.26. The van der Waals surface area contributed by atoms with E-state index in [2.05, 4.69) is 15.6 Å². The summed E-state index contributed by atoms with van der Waals surface area (Å²) in [4.78, 5) is 15.9. The highest BCUT2D eigenvalue weighted by atomic mass is 16.5. The molecular formula is C13H21N3O3. The molecule has 1 amide bonds. The molecule has 1 heterocycles. The van der Waals surface area contributed by atoms with Gasteiger partial charge in [0.05, 0.1) is 30.7 Å². The minimum absolute atomic E-state index is 0.108. The Balaban J connectivity index is 2.24. The summed E-state index contributed by atoms with van der Waals surface area (Å²) < 4.78 is 10.2. The lowest BCUT2D eigenvalue weighted by Gasteiger charge is -2.09. The summed E-state index contributed by atoms with van der Waals surface area (Å²) in [5.74, 6) is -0.108. The second-order valence-corrected chi connectivity index (χ2v) is 3.89. The number of rotatable bonds is 9. The van der Waals surface area contributed by atoms with Crippen molar-refractivity contribution in [2.75, 3.05) is 45.8 Å². The van der Waals surface area contributed by atoms with Gasteiger partial charge in [-0.2, -0.15) is 0 Å². The zero-order chi connectivity index (χ0) is 13.9. The van der Waals surface area contributed by atoms with E-state index < -0.39 is 0 Å². The molecular weight excluding hydrogens is 246 g/mol. The molecule has 2 N–H and O–H groups in total. The average molecular weight is 267 g/mol. The largest absolute Gasteiger partial charge is 0.386 e. The standard InChI is InChI=1S/C13H21N3O3/c1-14-12-10-15-6-4-11(12)13(17)16-5-3-7-19-9-8-18-2/h4,6,10,14H,3,5,7-9H2,1-2H3,(H,16,17). The maximum Gasteiger partial charge on any atom is 0.253 e. The molecule has 0 unspecified atom stereocenters. The second kappa shape index (κ2) is 9.29. The van der Waals surface area contributed by atoms with E-state index in [1.165, 1.54) is 0 Å². The van der Waals surface area contributed by atoms with Gasteiger partial charge in [0.15, 0.2) is 0 Å². The van der Waals surface area contributed by atoms with Gasteiger partial charge in [0, 0.05) is 33.5 Å². The first-order valence-corrected chi connectivity index (χ1v) is 6.26. The molecule has 0 saturated carbocycles. The SMILES string of the molecule is CNc1cnccc1C(=O)NCCCOCCOC. The van der Waals surface area contributed by atoms with E-state index in [9.17, 15) is 4.79 Å². The molecule has 0 fully saturated rings. The summed E-state index contributed by atoms with van der Waals surface area (Å²) in [6.07, 6.45) is 4.00. The molecule has 106 valence electrons. The van der Waals surface area contributed by atoms with Crippen molar-refractivity contribution in [2.45, 2.75) is 6.42 Å². The normalized spacial score (nSPS) is 10.2. The predicted molar refractivity (Wildman–Crippen MR) is 73.4 cm³/mol. The van der Waals surface area contributed by atoms with Crippen molar-refractivity contribution in [3.63, 3.8) is 0 Å². The predicted octanol–water partition coefficient (Wildman–Crippen LogP) is 0.906. The van der Waals surface area contributed by atoms with Crippen LogP contribution in [0, 0.1) is 0 Å². The average Bonchev–Trinajstić information content (AvgIpc) is 2.46. The monoisotopic (exact) mass is 267 g/mol. The molecule has 0 spiro atoms. The summed E-state index contributed by atoms with van der Waals surface area (Å²) >= 11 is 0.